The molecule has 1 saturated heterocycles. The number of aliphatic hydroxyl groups excluding tert-OH is 4. The van der Waals surface area contributed by atoms with Gasteiger partial charge in [-0.1, -0.05) is 129 Å². The van der Waals surface area contributed by atoms with Gasteiger partial charge in [0.2, 0.25) is 0 Å². The largest absolute Gasteiger partial charge is 0.457 e. The Morgan fingerprint density at radius 1 is 0.674 bits per heavy atom. The number of aliphatic hydroxyl groups is 4. The predicted octanol–water partition coefficient (Wildman–Crippen LogP) is 6.91. The van der Waals surface area contributed by atoms with E-state index in [9.17, 15) is 25.2 Å². The molecule has 0 aromatic carbocycles. The average Bonchev–Trinajstić information content (AvgIpc) is 3.05. The molecular weight excluding hydrogens is 588 g/mol. The van der Waals surface area contributed by atoms with Crippen LogP contribution >= 0.6 is 0 Å². The van der Waals surface area contributed by atoms with Crippen LogP contribution in [0.3, 0.4) is 0 Å². The van der Waals surface area contributed by atoms with E-state index in [-0.39, 0.29) is 19.2 Å². The fraction of sp³-hybridized carbons (Fsp3) is 0.919. The molecule has 1 heterocycles. The Bertz CT molecular complexity index is 717. The molecule has 0 aliphatic carbocycles. The van der Waals surface area contributed by atoms with E-state index < -0.39 is 43.4 Å². The van der Waals surface area contributed by atoms with Crippen molar-refractivity contribution in [2.75, 3.05) is 26.4 Å². The second kappa shape index (κ2) is 30.0. The molecule has 4 N–H and O–H groups in total. The summed E-state index contributed by atoms with van der Waals surface area (Å²) in [5, 5.41) is 39.9. The lowest BCUT2D eigenvalue weighted by molar-refractivity contribution is -0.305. The number of unbranched alkanes of at least 4 members (excludes halogenated alkanes) is 18. The Labute approximate surface area is 280 Å². The Kier molecular flexibility index (Phi) is 28.0. The van der Waals surface area contributed by atoms with Crippen molar-refractivity contribution in [3.8, 4) is 0 Å². The molecule has 0 aromatic heterocycles. The third-order valence-electron chi connectivity index (χ3n) is 8.66. The van der Waals surface area contributed by atoms with Gasteiger partial charge in [-0.05, 0) is 32.1 Å². The van der Waals surface area contributed by atoms with Crippen molar-refractivity contribution >= 4 is 5.97 Å². The molecule has 1 aliphatic heterocycles. The number of hydrogen-bond donors (Lipinski definition) is 4. The Morgan fingerprint density at radius 3 is 1.85 bits per heavy atom. The summed E-state index contributed by atoms with van der Waals surface area (Å²) in [6.45, 7) is 4.48. The van der Waals surface area contributed by atoms with Crippen LogP contribution in [0, 0.1) is 0 Å². The van der Waals surface area contributed by atoms with Crippen molar-refractivity contribution in [3.63, 3.8) is 0 Å². The standard InChI is InChI=1S/C37H70O9/c1-3-5-7-9-11-13-15-16-18-20-22-24-26-33(39)45-31(30-44-37-36(42)35(41)34(40)32(28-38)46-37)29-43-27-25-23-21-19-17-14-12-10-8-6-4-2/h8,10,31-32,34-38,40-42H,3-7,9,11-30H2,1-2H3/b10-8-. The first kappa shape index (κ1) is 43.0. The number of carbonyl (C=O) groups excluding carboxylic acids is 1. The number of carbonyl (C=O) groups is 1. The molecule has 0 saturated carbocycles. The van der Waals surface area contributed by atoms with E-state index in [2.05, 4.69) is 26.0 Å². The van der Waals surface area contributed by atoms with Gasteiger partial charge in [0.1, 0.15) is 30.5 Å². The van der Waals surface area contributed by atoms with Gasteiger partial charge in [0.05, 0.1) is 19.8 Å². The third kappa shape index (κ3) is 21.7. The highest BCUT2D eigenvalue weighted by molar-refractivity contribution is 5.69. The molecule has 6 unspecified atom stereocenters. The summed E-state index contributed by atoms with van der Waals surface area (Å²) in [6.07, 6.45) is 22.3. The molecule has 1 aliphatic rings. The van der Waals surface area contributed by atoms with Crippen LogP contribution in [0.1, 0.15) is 155 Å². The maximum atomic E-state index is 12.7. The van der Waals surface area contributed by atoms with Crippen molar-refractivity contribution in [3.05, 3.63) is 12.2 Å². The van der Waals surface area contributed by atoms with Crippen molar-refractivity contribution in [2.24, 2.45) is 0 Å². The first-order valence-electron chi connectivity index (χ1n) is 18.8. The van der Waals surface area contributed by atoms with E-state index in [0.29, 0.717) is 13.0 Å². The van der Waals surface area contributed by atoms with Gasteiger partial charge >= 0.3 is 5.97 Å². The Morgan fingerprint density at radius 2 is 1.24 bits per heavy atom. The Hall–Kier alpha value is -1.07. The number of allylic oxidation sites excluding steroid dienone is 2. The molecule has 9 nitrogen and oxygen atoms in total. The fourth-order valence-corrected chi connectivity index (χ4v) is 5.67. The number of ether oxygens (including phenoxy) is 4. The van der Waals surface area contributed by atoms with Gasteiger partial charge in [0.25, 0.3) is 0 Å². The van der Waals surface area contributed by atoms with Crippen LogP contribution in [0.5, 0.6) is 0 Å². The molecule has 1 rings (SSSR count). The van der Waals surface area contributed by atoms with Crippen LogP contribution in [-0.4, -0.2) is 89.6 Å². The summed E-state index contributed by atoms with van der Waals surface area (Å²) in [5.74, 6) is -0.317. The summed E-state index contributed by atoms with van der Waals surface area (Å²) in [6, 6.07) is 0. The van der Waals surface area contributed by atoms with Crippen LogP contribution in [0.4, 0.5) is 0 Å². The molecule has 272 valence electrons. The van der Waals surface area contributed by atoms with Gasteiger partial charge in [-0.3, -0.25) is 4.79 Å². The molecule has 0 radical (unpaired) electrons. The van der Waals surface area contributed by atoms with Gasteiger partial charge in [-0.15, -0.1) is 0 Å². The highest BCUT2D eigenvalue weighted by Crippen LogP contribution is 2.22. The third-order valence-corrected chi connectivity index (χ3v) is 8.66. The summed E-state index contributed by atoms with van der Waals surface area (Å²) < 4.78 is 22.6. The van der Waals surface area contributed by atoms with Gasteiger partial charge in [0.15, 0.2) is 6.29 Å². The van der Waals surface area contributed by atoms with E-state index in [1.807, 2.05) is 0 Å². The summed E-state index contributed by atoms with van der Waals surface area (Å²) >= 11 is 0. The second-order valence-electron chi connectivity index (χ2n) is 13.0. The Balaban J connectivity index is 2.34. The lowest BCUT2D eigenvalue weighted by Crippen LogP contribution is -2.59. The molecule has 9 heteroatoms. The SMILES string of the molecule is CCC/C=C\CCCCCCCCOCC(COC1OC(CO)C(O)C(O)C1O)OC(=O)CCCCCCCCCCCCCC. The zero-order chi connectivity index (χ0) is 33.7. The van der Waals surface area contributed by atoms with E-state index in [1.165, 1.54) is 96.3 Å². The molecule has 1 fully saturated rings. The number of esters is 1. The van der Waals surface area contributed by atoms with Gasteiger partial charge in [0, 0.05) is 13.0 Å². The summed E-state index contributed by atoms with van der Waals surface area (Å²) in [4.78, 5) is 12.7. The van der Waals surface area contributed by atoms with Gasteiger partial charge < -0.3 is 39.4 Å². The number of rotatable bonds is 31. The minimum Gasteiger partial charge on any atom is -0.457 e. The minimum atomic E-state index is -1.53. The molecule has 0 amide bonds. The smallest absolute Gasteiger partial charge is 0.306 e. The monoisotopic (exact) mass is 659 g/mol. The maximum Gasteiger partial charge on any atom is 0.306 e. The van der Waals surface area contributed by atoms with Crippen molar-refractivity contribution in [1.82, 2.24) is 0 Å². The highest BCUT2D eigenvalue weighted by Gasteiger charge is 2.44. The molecule has 46 heavy (non-hydrogen) atoms. The average molecular weight is 659 g/mol. The zero-order valence-electron chi connectivity index (χ0n) is 29.3. The molecule has 6 atom stereocenters. The van der Waals surface area contributed by atoms with Crippen molar-refractivity contribution in [1.29, 1.82) is 0 Å². The zero-order valence-corrected chi connectivity index (χ0v) is 29.3. The topological polar surface area (TPSA) is 135 Å². The maximum absolute atomic E-state index is 12.7. The van der Waals surface area contributed by atoms with Crippen LogP contribution in [0.15, 0.2) is 12.2 Å². The highest BCUT2D eigenvalue weighted by atomic mass is 16.7. The van der Waals surface area contributed by atoms with E-state index in [1.54, 1.807) is 0 Å². The molecule has 0 spiro atoms. The lowest BCUT2D eigenvalue weighted by atomic mass is 9.99. The van der Waals surface area contributed by atoms with E-state index in [0.717, 1.165) is 38.5 Å². The molecular formula is C37H70O9. The molecule has 0 aromatic rings. The van der Waals surface area contributed by atoms with Crippen LogP contribution in [-0.2, 0) is 23.7 Å². The fourth-order valence-electron chi connectivity index (χ4n) is 5.67. The second-order valence-corrected chi connectivity index (χ2v) is 13.0. The minimum absolute atomic E-state index is 0.112. The lowest BCUT2D eigenvalue weighted by Gasteiger charge is -2.39. The summed E-state index contributed by atoms with van der Waals surface area (Å²) in [5.41, 5.74) is 0. The van der Waals surface area contributed by atoms with Crippen LogP contribution < -0.4 is 0 Å². The first-order chi connectivity index (χ1) is 22.4. The van der Waals surface area contributed by atoms with Gasteiger partial charge in [-0.25, -0.2) is 0 Å². The van der Waals surface area contributed by atoms with Crippen molar-refractivity contribution < 1.29 is 44.2 Å². The predicted molar refractivity (Wildman–Crippen MR) is 182 cm³/mol. The van der Waals surface area contributed by atoms with Crippen LogP contribution in [0.2, 0.25) is 0 Å². The first-order valence-corrected chi connectivity index (χ1v) is 18.8. The summed E-state index contributed by atoms with van der Waals surface area (Å²) in [7, 11) is 0. The quantitative estimate of drug-likeness (QED) is 0.0356. The van der Waals surface area contributed by atoms with Crippen LogP contribution in [0.25, 0.3) is 0 Å². The van der Waals surface area contributed by atoms with Crippen molar-refractivity contribution in [2.45, 2.75) is 192 Å². The van der Waals surface area contributed by atoms with Gasteiger partial charge in [-0.2, -0.15) is 0 Å². The molecule has 0 bridgehead atoms. The van der Waals surface area contributed by atoms with E-state index >= 15 is 0 Å². The normalized spacial score (nSPS) is 22.4. The number of hydrogen-bond acceptors (Lipinski definition) is 9. The van der Waals surface area contributed by atoms with E-state index in [4.69, 9.17) is 18.9 Å².